The summed E-state index contributed by atoms with van der Waals surface area (Å²) in [7, 11) is 0. The second-order valence-corrected chi connectivity index (χ2v) is 10.9. The van der Waals surface area contributed by atoms with Crippen molar-refractivity contribution in [1.82, 2.24) is 4.90 Å². The third-order valence-corrected chi connectivity index (χ3v) is 7.15. The van der Waals surface area contributed by atoms with Crippen molar-refractivity contribution in [3.05, 3.63) is 0 Å². The van der Waals surface area contributed by atoms with Crippen LogP contribution in [0.5, 0.6) is 0 Å². The smallest absolute Gasteiger partial charge is 0.0186 e. The Morgan fingerprint density at radius 1 is 0.696 bits per heavy atom. The Morgan fingerprint density at radius 3 is 1.83 bits per heavy atom. The van der Waals surface area contributed by atoms with Crippen LogP contribution in [-0.4, -0.2) is 22.5 Å². The van der Waals surface area contributed by atoms with Gasteiger partial charge in [0.25, 0.3) is 0 Å². The Hall–Kier alpha value is -0.0400. The third kappa shape index (κ3) is 3.37. The minimum absolute atomic E-state index is 0.307. The molecule has 2 aliphatic carbocycles. The van der Waals surface area contributed by atoms with Gasteiger partial charge in [0.05, 0.1) is 0 Å². The molecule has 0 N–H and O–H groups in total. The topological polar surface area (TPSA) is 3.24 Å². The monoisotopic (exact) mass is 319 g/mol. The summed E-state index contributed by atoms with van der Waals surface area (Å²) in [5.74, 6) is 2.95. The Morgan fingerprint density at radius 2 is 1.26 bits per heavy atom. The van der Waals surface area contributed by atoms with Crippen molar-refractivity contribution in [3.8, 4) is 0 Å². The SMILES string of the molecule is CC(C)(C)C1C(C2CCCCC2)C2CCCCC2N1C(C)(C)C. The van der Waals surface area contributed by atoms with Crippen LogP contribution in [0.1, 0.15) is 99.3 Å². The van der Waals surface area contributed by atoms with E-state index in [1.54, 1.807) is 0 Å². The van der Waals surface area contributed by atoms with Gasteiger partial charge in [-0.15, -0.1) is 0 Å². The van der Waals surface area contributed by atoms with Crippen molar-refractivity contribution in [2.45, 2.75) is 117 Å². The minimum atomic E-state index is 0.307. The summed E-state index contributed by atoms with van der Waals surface area (Å²) in [5.41, 5.74) is 0.703. The van der Waals surface area contributed by atoms with Crippen LogP contribution >= 0.6 is 0 Å². The molecule has 0 spiro atoms. The average molecular weight is 320 g/mol. The number of rotatable bonds is 1. The van der Waals surface area contributed by atoms with Gasteiger partial charge in [-0.1, -0.05) is 65.7 Å². The first-order valence-corrected chi connectivity index (χ1v) is 10.5. The van der Waals surface area contributed by atoms with E-state index >= 15 is 0 Å². The Kier molecular flexibility index (Phi) is 4.91. The van der Waals surface area contributed by atoms with Crippen molar-refractivity contribution in [3.63, 3.8) is 0 Å². The lowest BCUT2D eigenvalue weighted by Gasteiger charge is -2.48. The summed E-state index contributed by atoms with van der Waals surface area (Å²) in [5, 5.41) is 0. The van der Waals surface area contributed by atoms with E-state index in [9.17, 15) is 0 Å². The maximum atomic E-state index is 3.01. The van der Waals surface area contributed by atoms with Gasteiger partial charge in [0, 0.05) is 17.6 Å². The van der Waals surface area contributed by atoms with E-state index in [2.05, 4.69) is 46.4 Å². The molecule has 3 fully saturated rings. The van der Waals surface area contributed by atoms with Crippen molar-refractivity contribution >= 4 is 0 Å². The number of nitrogens with zero attached hydrogens (tertiary/aromatic N) is 1. The molecule has 1 aliphatic heterocycles. The summed E-state index contributed by atoms with van der Waals surface area (Å²) < 4.78 is 0. The first-order chi connectivity index (χ1) is 10.7. The summed E-state index contributed by atoms with van der Waals surface area (Å²) in [6.45, 7) is 15.0. The Bertz CT molecular complexity index is 393. The summed E-state index contributed by atoms with van der Waals surface area (Å²) in [6.07, 6.45) is 13.4. The molecule has 1 heteroatoms. The van der Waals surface area contributed by atoms with Crippen molar-refractivity contribution in [2.24, 2.45) is 23.2 Å². The number of hydrogen-bond acceptors (Lipinski definition) is 1. The lowest BCUT2D eigenvalue weighted by atomic mass is 9.64. The van der Waals surface area contributed by atoms with Gasteiger partial charge in [-0.25, -0.2) is 0 Å². The van der Waals surface area contributed by atoms with Crippen LogP contribution in [0.4, 0.5) is 0 Å². The lowest BCUT2D eigenvalue weighted by Crippen LogP contribution is -2.55. The first-order valence-electron chi connectivity index (χ1n) is 10.5. The molecule has 0 aromatic carbocycles. The molecule has 2 saturated carbocycles. The molecule has 4 unspecified atom stereocenters. The quantitative estimate of drug-likeness (QED) is 0.550. The first kappa shape index (κ1) is 17.8. The maximum absolute atomic E-state index is 3.01. The molecule has 23 heavy (non-hydrogen) atoms. The van der Waals surface area contributed by atoms with Crippen LogP contribution < -0.4 is 0 Å². The number of fused-ring (bicyclic) bond motifs is 1. The summed E-state index contributed by atoms with van der Waals surface area (Å²) in [4.78, 5) is 3.01. The largest absolute Gasteiger partial charge is 0.291 e. The zero-order valence-corrected chi connectivity index (χ0v) is 16.7. The second kappa shape index (κ2) is 6.36. The molecule has 3 aliphatic rings. The number of hydrogen-bond donors (Lipinski definition) is 0. The van der Waals surface area contributed by atoms with Crippen LogP contribution in [-0.2, 0) is 0 Å². The highest BCUT2D eigenvalue weighted by atomic mass is 15.3. The molecule has 0 aromatic heterocycles. The maximum Gasteiger partial charge on any atom is 0.0186 e. The van der Waals surface area contributed by atoms with Crippen LogP contribution in [0, 0.1) is 23.2 Å². The molecule has 3 rings (SSSR count). The van der Waals surface area contributed by atoms with Gasteiger partial charge in [-0.2, -0.15) is 0 Å². The molecule has 0 aromatic rings. The highest BCUT2D eigenvalue weighted by Gasteiger charge is 2.57. The molecular weight excluding hydrogens is 278 g/mol. The fraction of sp³-hybridized carbons (Fsp3) is 1.00. The lowest BCUT2D eigenvalue weighted by molar-refractivity contribution is -0.00193. The summed E-state index contributed by atoms with van der Waals surface area (Å²) >= 11 is 0. The fourth-order valence-corrected chi connectivity index (χ4v) is 6.60. The van der Waals surface area contributed by atoms with E-state index in [0.717, 1.165) is 29.8 Å². The Balaban J connectivity index is 1.99. The van der Waals surface area contributed by atoms with Gasteiger partial charge in [-0.3, -0.25) is 4.90 Å². The molecule has 0 radical (unpaired) electrons. The molecule has 4 atom stereocenters. The second-order valence-electron chi connectivity index (χ2n) is 10.9. The molecule has 134 valence electrons. The van der Waals surface area contributed by atoms with Gasteiger partial charge in [-0.05, 0) is 56.8 Å². The van der Waals surface area contributed by atoms with E-state index in [1.807, 2.05) is 0 Å². The van der Waals surface area contributed by atoms with Crippen LogP contribution in [0.2, 0.25) is 0 Å². The highest BCUT2D eigenvalue weighted by Crippen LogP contribution is 2.55. The third-order valence-electron chi connectivity index (χ3n) is 7.15. The van der Waals surface area contributed by atoms with E-state index < -0.39 is 0 Å². The molecule has 1 heterocycles. The molecule has 0 bridgehead atoms. The zero-order valence-electron chi connectivity index (χ0n) is 16.7. The van der Waals surface area contributed by atoms with Crippen molar-refractivity contribution in [2.75, 3.05) is 0 Å². The fourth-order valence-electron chi connectivity index (χ4n) is 6.60. The predicted molar refractivity (Wildman–Crippen MR) is 101 cm³/mol. The van der Waals surface area contributed by atoms with Crippen molar-refractivity contribution in [1.29, 1.82) is 0 Å². The highest BCUT2D eigenvalue weighted by molar-refractivity contribution is 5.09. The predicted octanol–water partition coefficient (Wildman–Crippen LogP) is 6.27. The normalized spacial score (nSPS) is 37.8. The zero-order chi connectivity index (χ0) is 16.8. The minimum Gasteiger partial charge on any atom is -0.291 e. The van der Waals surface area contributed by atoms with Gasteiger partial charge in [0.2, 0.25) is 0 Å². The van der Waals surface area contributed by atoms with E-state index in [4.69, 9.17) is 0 Å². The summed E-state index contributed by atoms with van der Waals surface area (Å²) in [6, 6.07) is 1.64. The standard InChI is InChI=1S/C22H41N/c1-21(2,3)20-19(16-12-8-7-9-13-16)17-14-10-11-15-18(17)23(20)22(4,5)6/h16-20H,7-15H2,1-6H3. The van der Waals surface area contributed by atoms with Crippen LogP contribution in [0.3, 0.4) is 0 Å². The molecule has 0 amide bonds. The average Bonchev–Trinajstić information content (AvgIpc) is 2.83. The van der Waals surface area contributed by atoms with E-state index in [1.165, 1.54) is 57.8 Å². The van der Waals surface area contributed by atoms with Gasteiger partial charge >= 0.3 is 0 Å². The van der Waals surface area contributed by atoms with E-state index in [-0.39, 0.29) is 0 Å². The van der Waals surface area contributed by atoms with Crippen LogP contribution in [0.25, 0.3) is 0 Å². The van der Waals surface area contributed by atoms with Crippen LogP contribution in [0.15, 0.2) is 0 Å². The van der Waals surface area contributed by atoms with Gasteiger partial charge in [0.15, 0.2) is 0 Å². The van der Waals surface area contributed by atoms with Crippen molar-refractivity contribution < 1.29 is 0 Å². The molecule has 1 nitrogen and oxygen atoms in total. The van der Waals surface area contributed by atoms with Gasteiger partial charge < -0.3 is 0 Å². The van der Waals surface area contributed by atoms with E-state index in [0.29, 0.717) is 11.0 Å². The van der Waals surface area contributed by atoms with Gasteiger partial charge in [0.1, 0.15) is 0 Å². The number of likely N-dealkylation sites (tertiary alicyclic amines) is 1. The molecule has 1 saturated heterocycles. The Labute approximate surface area is 145 Å². The molecular formula is C22H41N.